The molecule has 1 aliphatic rings. The number of hydrogen-bond acceptors (Lipinski definition) is 1. The summed E-state index contributed by atoms with van der Waals surface area (Å²) in [5, 5.41) is 3.56. The fraction of sp³-hybridized carbons (Fsp3) is 0.250. The minimum Gasteiger partial charge on any atom is -0.310 e. The average molecular weight is 222 g/mol. The van der Waals surface area contributed by atoms with Crippen molar-refractivity contribution in [2.45, 2.75) is 25.4 Å². The van der Waals surface area contributed by atoms with Crippen LogP contribution in [0.15, 0.2) is 48.5 Å². The molecule has 85 valence electrons. The van der Waals surface area contributed by atoms with Crippen LogP contribution in [-0.4, -0.2) is 6.04 Å². The van der Waals surface area contributed by atoms with Gasteiger partial charge in [0.25, 0.3) is 0 Å². The van der Waals surface area contributed by atoms with Crippen LogP contribution in [0.3, 0.4) is 0 Å². The topological polar surface area (TPSA) is 12.0 Å². The maximum absolute atomic E-state index is 3.56. The Hall–Kier alpha value is -1.60. The van der Waals surface area contributed by atoms with Gasteiger partial charge in [0, 0.05) is 12.6 Å². The van der Waals surface area contributed by atoms with Gasteiger partial charge >= 0.3 is 0 Å². The fourth-order valence-corrected chi connectivity index (χ4v) is 2.05. The number of hydrogen-bond donors (Lipinski definition) is 1. The van der Waals surface area contributed by atoms with Crippen LogP contribution < -0.4 is 5.32 Å². The summed E-state index contributed by atoms with van der Waals surface area (Å²) in [5.41, 5.74) is 3.94. The highest BCUT2D eigenvalue weighted by Gasteiger charge is 2.20. The molecule has 1 N–H and O–H groups in total. The van der Waals surface area contributed by atoms with Crippen LogP contribution in [0.2, 0.25) is 0 Å². The van der Waals surface area contributed by atoms with Gasteiger partial charge in [0.05, 0.1) is 0 Å². The third-order valence-corrected chi connectivity index (χ3v) is 3.19. The maximum atomic E-state index is 3.56. The number of rotatable bonds is 4. The van der Waals surface area contributed by atoms with Gasteiger partial charge in [-0.05, 0) is 41.7 Å². The third-order valence-electron chi connectivity index (χ3n) is 3.19. The molecule has 1 heteroatoms. The van der Waals surface area contributed by atoms with Crippen molar-refractivity contribution < 1.29 is 0 Å². The highest BCUT2D eigenvalue weighted by atomic mass is 14.9. The normalized spacial score (nSPS) is 14.8. The summed E-state index contributed by atoms with van der Waals surface area (Å²) in [5.74, 6) is 0. The zero-order valence-electron chi connectivity index (χ0n) is 9.82. The molecular formula is C16H16N. The number of benzene rings is 2. The van der Waals surface area contributed by atoms with Gasteiger partial charge in [0.15, 0.2) is 0 Å². The van der Waals surface area contributed by atoms with Gasteiger partial charge in [-0.15, -0.1) is 0 Å². The molecule has 0 aromatic heterocycles. The molecule has 2 aromatic carbocycles. The molecule has 0 saturated heterocycles. The van der Waals surface area contributed by atoms with E-state index in [1.54, 1.807) is 0 Å². The molecule has 3 rings (SSSR count). The van der Waals surface area contributed by atoms with E-state index in [1.165, 1.54) is 29.5 Å². The molecule has 0 spiro atoms. The van der Waals surface area contributed by atoms with Gasteiger partial charge < -0.3 is 5.32 Å². The fourth-order valence-electron chi connectivity index (χ4n) is 2.05. The van der Waals surface area contributed by atoms with Crippen molar-refractivity contribution in [1.29, 1.82) is 0 Å². The Bertz CT molecular complexity index is 486. The van der Waals surface area contributed by atoms with Crippen LogP contribution in [0.4, 0.5) is 0 Å². The van der Waals surface area contributed by atoms with E-state index in [2.05, 4.69) is 53.8 Å². The molecule has 1 radical (unpaired) electrons. The van der Waals surface area contributed by atoms with Crippen molar-refractivity contribution in [2.24, 2.45) is 0 Å². The Morgan fingerprint density at radius 2 is 1.94 bits per heavy atom. The van der Waals surface area contributed by atoms with E-state index in [1.807, 2.05) is 6.07 Å². The van der Waals surface area contributed by atoms with Gasteiger partial charge in [-0.25, -0.2) is 0 Å². The molecule has 0 heterocycles. The first-order valence-electron chi connectivity index (χ1n) is 6.21. The summed E-state index contributed by atoms with van der Waals surface area (Å²) in [6, 6.07) is 20.7. The molecule has 0 atom stereocenters. The summed E-state index contributed by atoms with van der Waals surface area (Å²) in [6.45, 7) is 0.951. The van der Waals surface area contributed by atoms with Crippen molar-refractivity contribution in [3.63, 3.8) is 0 Å². The molecule has 1 aliphatic carbocycles. The molecule has 0 aliphatic heterocycles. The molecule has 17 heavy (non-hydrogen) atoms. The van der Waals surface area contributed by atoms with Crippen molar-refractivity contribution in [2.75, 3.05) is 0 Å². The Morgan fingerprint density at radius 3 is 2.71 bits per heavy atom. The van der Waals surface area contributed by atoms with Gasteiger partial charge in [0.2, 0.25) is 0 Å². The lowest BCUT2D eigenvalue weighted by Gasteiger charge is -2.10. The molecule has 1 saturated carbocycles. The quantitative estimate of drug-likeness (QED) is 0.836. The first kappa shape index (κ1) is 10.5. The van der Waals surface area contributed by atoms with Crippen molar-refractivity contribution in [3.8, 4) is 11.1 Å². The van der Waals surface area contributed by atoms with Crippen molar-refractivity contribution >= 4 is 0 Å². The van der Waals surface area contributed by atoms with E-state index in [-0.39, 0.29) is 0 Å². The Labute approximate surface area is 102 Å². The van der Waals surface area contributed by atoms with Crippen LogP contribution in [0.5, 0.6) is 0 Å². The van der Waals surface area contributed by atoms with Crippen LogP contribution in [0, 0.1) is 6.07 Å². The molecule has 0 bridgehead atoms. The summed E-state index contributed by atoms with van der Waals surface area (Å²) in [4.78, 5) is 0. The van der Waals surface area contributed by atoms with E-state index in [0.29, 0.717) is 0 Å². The largest absolute Gasteiger partial charge is 0.310 e. The maximum Gasteiger partial charge on any atom is 0.0214 e. The highest BCUT2D eigenvalue weighted by molar-refractivity contribution is 5.67. The lowest BCUT2D eigenvalue weighted by Crippen LogP contribution is -2.15. The van der Waals surface area contributed by atoms with Crippen molar-refractivity contribution in [1.82, 2.24) is 5.32 Å². The zero-order chi connectivity index (χ0) is 11.5. The second-order valence-corrected chi connectivity index (χ2v) is 4.60. The first-order valence-corrected chi connectivity index (χ1v) is 6.21. The summed E-state index contributed by atoms with van der Waals surface area (Å²) >= 11 is 0. The van der Waals surface area contributed by atoms with Crippen LogP contribution in [0.25, 0.3) is 11.1 Å². The van der Waals surface area contributed by atoms with Crippen LogP contribution >= 0.6 is 0 Å². The predicted octanol–water partition coefficient (Wildman–Crippen LogP) is 3.41. The van der Waals surface area contributed by atoms with Crippen LogP contribution in [-0.2, 0) is 6.54 Å². The lowest BCUT2D eigenvalue weighted by molar-refractivity contribution is 0.688. The Kier molecular flexibility index (Phi) is 2.93. The third kappa shape index (κ3) is 2.56. The molecule has 2 aromatic rings. The molecule has 0 amide bonds. The second kappa shape index (κ2) is 4.72. The van der Waals surface area contributed by atoms with E-state index >= 15 is 0 Å². The SMILES string of the molecule is [c]1ccc(-c2ccccc2)c(CNC2CC2)c1. The molecule has 1 nitrogen and oxygen atoms in total. The molecule has 0 unspecified atom stereocenters. The van der Waals surface area contributed by atoms with Crippen LogP contribution in [0.1, 0.15) is 18.4 Å². The summed E-state index contributed by atoms with van der Waals surface area (Å²) in [6.07, 6.45) is 2.66. The standard InChI is InChI=1S/C16H16N/c1-2-6-13(7-3-1)16-9-5-4-8-14(16)12-17-15-10-11-15/h1-3,5-9,15,17H,10-12H2. The van der Waals surface area contributed by atoms with E-state index in [0.717, 1.165) is 12.6 Å². The van der Waals surface area contributed by atoms with E-state index in [9.17, 15) is 0 Å². The van der Waals surface area contributed by atoms with Crippen molar-refractivity contribution in [3.05, 3.63) is 60.2 Å². The Balaban J connectivity index is 1.87. The average Bonchev–Trinajstić information content (AvgIpc) is 3.22. The minimum atomic E-state index is 0.749. The first-order chi connectivity index (χ1) is 8.43. The Morgan fingerprint density at radius 1 is 1.12 bits per heavy atom. The predicted molar refractivity (Wildman–Crippen MR) is 70.6 cm³/mol. The van der Waals surface area contributed by atoms with E-state index in [4.69, 9.17) is 0 Å². The minimum absolute atomic E-state index is 0.749. The van der Waals surface area contributed by atoms with Gasteiger partial charge in [0.1, 0.15) is 0 Å². The second-order valence-electron chi connectivity index (χ2n) is 4.60. The zero-order valence-corrected chi connectivity index (χ0v) is 9.82. The van der Waals surface area contributed by atoms with E-state index < -0.39 is 0 Å². The summed E-state index contributed by atoms with van der Waals surface area (Å²) in [7, 11) is 0. The van der Waals surface area contributed by atoms with Gasteiger partial charge in [-0.3, -0.25) is 0 Å². The monoisotopic (exact) mass is 222 g/mol. The molecule has 1 fully saturated rings. The van der Waals surface area contributed by atoms with Gasteiger partial charge in [-0.2, -0.15) is 0 Å². The van der Waals surface area contributed by atoms with Gasteiger partial charge in [-0.1, -0.05) is 42.5 Å². The highest BCUT2D eigenvalue weighted by Crippen LogP contribution is 2.25. The summed E-state index contributed by atoms with van der Waals surface area (Å²) < 4.78 is 0. The smallest absolute Gasteiger partial charge is 0.0214 e. The number of nitrogens with one attached hydrogen (secondary N) is 1. The molecular weight excluding hydrogens is 206 g/mol. The lowest BCUT2D eigenvalue weighted by atomic mass is 10.00.